The molecule has 16 nitrogen and oxygen atoms in total. The number of halogens is 3. The molecule has 1 aromatic rings. The number of rotatable bonds is 13. The number of carboxylic acid groups (broad SMARTS) is 1. The molecule has 0 saturated carbocycles. The van der Waals surface area contributed by atoms with Crippen LogP contribution in [0.15, 0.2) is 30.3 Å². The molecule has 19 heteroatoms. The lowest BCUT2D eigenvalue weighted by Gasteiger charge is -2.41. The van der Waals surface area contributed by atoms with E-state index in [4.69, 9.17) is 25.1 Å². The minimum absolute atomic E-state index is 0.0487. The Labute approximate surface area is 273 Å². The third kappa shape index (κ3) is 13.2. The topological polar surface area (TPSA) is 218 Å². The lowest BCUT2D eigenvalue weighted by atomic mass is 10.1. The van der Waals surface area contributed by atoms with Gasteiger partial charge in [0.15, 0.2) is 6.73 Å². The summed E-state index contributed by atoms with van der Waals surface area (Å²) in [7, 11) is 0. The predicted octanol–water partition coefficient (Wildman–Crippen LogP) is -0.0494. The van der Waals surface area contributed by atoms with Crippen molar-refractivity contribution in [2.75, 3.05) is 39.5 Å². The Bertz CT molecular complexity index is 1280. The lowest BCUT2D eigenvalue weighted by molar-refractivity contribution is -0.192. The molecule has 2 heterocycles. The van der Waals surface area contributed by atoms with Crippen LogP contribution in [0.3, 0.4) is 0 Å². The van der Waals surface area contributed by atoms with E-state index in [2.05, 4.69) is 10.6 Å². The fraction of sp³-hybridized carbons (Fsp3) is 0.552. The Hall–Kier alpha value is -4.62. The van der Waals surface area contributed by atoms with Crippen LogP contribution in [-0.2, 0) is 44.8 Å². The molecule has 2 aliphatic rings. The maximum atomic E-state index is 12.7. The van der Waals surface area contributed by atoms with Crippen molar-refractivity contribution >= 4 is 41.7 Å². The van der Waals surface area contributed by atoms with Crippen LogP contribution in [0.1, 0.15) is 38.7 Å². The van der Waals surface area contributed by atoms with Crippen molar-refractivity contribution in [3.63, 3.8) is 0 Å². The summed E-state index contributed by atoms with van der Waals surface area (Å²) in [4.78, 5) is 86.0. The monoisotopic (exact) mass is 688 g/mol. The first kappa shape index (κ1) is 39.6. The van der Waals surface area contributed by atoms with Crippen LogP contribution >= 0.6 is 0 Å². The maximum Gasteiger partial charge on any atom is 0.490 e. The number of carboxylic acids is 1. The van der Waals surface area contributed by atoms with Gasteiger partial charge in [0.25, 0.3) is 0 Å². The average Bonchev–Trinajstić information content (AvgIpc) is 3.02. The molecule has 2 fully saturated rings. The van der Waals surface area contributed by atoms with Crippen LogP contribution in [0, 0.1) is 0 Å². The summed E-state index contributed by atoms with van der Waals surface area (Å²) in [6, 6.07) is 7.77. The molecule has 1 aromatic carbocycles. The van der Waals surface area contributed by atoms with Gasteiger partial charge in [-0.05, 0) is 38.7 Å². The highest BCUT2D eigenvalue weighted by atomic mass is 19.4. The summed E-state index contributed by atoms with van der Waals surface area (Å²) in [5, 5.41) is 12.0. The van der Waals surface area contributed by atoms with E-state index in [-0.39, 0.29) is 44.9 Å². The fourth-order valence-corrected chi connectivity index (χ4v) is 4.51. The van der Waals surface area contributed by atoms with E-state index in [0.29, 0.717) is 25.8 Å². The first-order valence-electron chi connectivity index (χ1n) is 14.8. The molecule has 3 rings (SSSR count). The molecule has 0 bridgehead atoms. The van der Waals surface area contributed by atoms with Crippen LogP contribution in [0.5, 0.6) is 0 Å². The summed E-state index contributed by atoms with van der Waals surface area (Å²) >= 11 is 0. The Balaban J connectivity index is 0.00000103. The van der Waals surface area contributed by atoms with Gasteiger partial charge in [0.1, 0.15) is 12.6 Å². The van der Waals surface area contributed by atoms with E-state index < -0.39 is 60.6 Å². The van der Waals surface area contributed by atoms with Gasteiger partial charge in [0, 0.05) is 18.6 Å². The van der Waals surface area contributed by atoms with Gasteiger partial charge in [-0.25, -0.2) is 14.5 Å². The Morgan fingerprint density at radius 1 is 0.917 bits per heavy atom. The number of alkyl halides is 3. The Morgan fingerprint density at radius 3 is 1.96 bits per heavy atom. The SMILES string of the molecule is CC(C(C)N1CC(=O)N(COC(=O)[C@@H](N)CCCCNC(=O)OCc2ccccc2)C(=O)C1)N1CC(=O)NC(=O)C1.O=C(O)C(F)(F)F. The number of unbranched alkanes of at least 4 members (excludes halogenated alkanes) is 1. The van der Waals surface area contributed by atoms with Crippen molar-refractivity contribution < 1.29 is 61.3 Å². The first-order valence-corrected chi connectivity index (χ1v) is 14.8. The number of hydrogen-bond acceptors (Lipinski definition) is 12. The van der Waals surface area contributed by atoms with Gasteiger partial charge in [0.2, 0.25) is 23.6 Å². The highest BCUT2D eigenvalue weighted by molar-refractivity contribution is 6.00. The van der Waals surface area contributed by atoms with E-state index in [1.165, 1.54) is 0 Å². The molecular formula is C29H39F3N6O10. The number of carbonyl (C=O) groups is 7. The number of amides is 5. The van der Waals surface area contributed by atoms with Gasteiger partial charge in [0.05, 0.1) is 26.2 Å². The average molecular weight is 689 g/mol. The summed E-state index contributed by atoms with van der Waals surface area (Å²) in [6.45, 7) is 3.56. The van der Waals surface area contributed by atoms with E-state index in [1.54, 1.807) is 9.80 Å². The molecule has 0 aliphatic carbocycles. The molecule has 48 heavy (non-hydrogen) atoms. The van der Waals surface area contributed by atoms with Crippen molar-refractivity contribution in [2.24, 2.45) is 5.73 Å². The number of nitrogens with zero attached hydrogens (tertiary/aromatic N) is 3. The zero-order valence-electron chi connectivity index (χ0n) is 26.4. The third-order valence-corrected chi connectivity index (χ3v) is 7.41. The smallest absolute Gasteiger partial charge is 0.475 e. The second-order valence-electron chi connectivity index (χ2n) is 11.0. The molecule has 2 aliphatic heterocycles. The third-order valence-electron chi connectivity index (χ3n) is 7.41. The number of ether oxygens (including phenoxy) is 2. The van der Waals surface area contributed by atoms with Crippen molar-refractivity contribution in [2.45, 2.75) is 64.0 Å². The number of carbonyl (C=O) groups excluding carboxylic acids is 6. The number of imide groups is 2. The molecule has 3 atom stereocenters. The van der Waals surface area contributed by atoms with Crippen LogP contribution in [0.25, 0.3) is 0 Å². The quantitative estimate of drug-likeness (QED) is 0.122. The Kier molecular flexibility index (Phi) is 15.4. The lowest BCUT2D eigenvalue weighted by Crippen LogP contribution is -2.62. The van der Waals surface area contributed by atoms with Crippen LogP contribution in [0.4, 0.5) is 18.0 Å². The largest absolute Gasteiger partial charge is 0.490 e. The van der Waals surface area contributed by atoms with E-state index in [9.17, 15) is 41.9 Å². The molecule has 2 unspecified atom stereocenters. The number of esters is 1. The fourth-order valence-electron chi connectivity index (χ4n) is 4.51. The van der Waals surface area contributed by atoms with Crippen molar-refractivity contribution in [1.82, 2.24) is 25.3 Å². The molecule has 2 saturated heterocycles. The first-order chi connectivity index (χ1) is 22.5. The number of nitrogens with two attached hydrogens (primary N) is 1. The van der Waals surface area contributed by atoms with E-state index in [1.807, 2.05) is 44.2 Å². The minimum Gasteiger partial charge on any atom is -0.475 e. The standard InChI is InChI=1S/C27H38N6O8.C2HF3O2/c1-18(31-12-22(34)30-23(35)13-31)19(2)32-14-24(36)33(25(37)15-32)17-41-26(38)21(28)10-6-7-11-29-27(39)40-16-20-8-4-3-5-9-20;3-2(4,5)1(6)7/h3-5,8-9,18-19,21H,6-7,10-17,28H2,1-2H3,(H,29,39)(H,30,34,35);(H,6,7)/t18?,19?,21-;/m0./s1. The second-order valence-corrected chi connectivity index (χ2v) is 11.0. The van der Waals surface area contributed by atoms with E-state index >= 15 is 0 Å². The Morgan fingerprint density at radius 2 is 1.44 bits per heavy atom. The summed E-state index contributed by atoms with van der Waals surface area (Å²) in [5.74, 6) is -5.34. The molecule has 5 N–H and O–H groups in total. The second kappa shape index (κ2) is 18.6. The van der Waals surface area contributed by atoms with Crippen LogP contribution in [0.2, 0.25) is 0 Å². The van der Waals surface area contributed by atoms with Gasteiger partial charge in [-0.15, -0.1) is 0 Å². The number of hydrogen-bond donors (Lipinski definition) is 4. The van der Waals surface area contributed by atoms with E-state index in [0.717, 1.165) is 10.5 Å². The van der Waals surface area contributed by atoms with Gasteiger partial charge >= 0.3 is 24.2 Å². The molecule has 0 radical (unpaired) electrons. The van der Waals surface area contributed by atoms with Crippen molar-refractivity contribution in [1.29, 1.82) is 0 Å². The van der Waals surface area contributed by atoms with Crippen molar-refractivity contribution in [3.8, 4) is 0 Å². The van der Waals surface area contributed by atoms with Gasteiger partial charge in [-0.3, -0.25) is 39.1 Å². The zero-order valence-corrected chi connectivity index (χ0v) is 26.4. The number of aliphatic carboxylic acids is 1. The van der Waals surface area contributed by atoms with Gasteiger partial charge in [-0.2, -0.15) is 13.2 Å². The molecule has 266 valence electrons. The van der Waals surface area contributed by atoms with Crippen LogP contribution < -0.4 is 16.4 Å². The zero-order chi connectivity index (χ0) is 36.0. The van der Waals surface area contributed by atoms with Gasteiger partial charge < -0.3 is 25.6 Å². The summed E-state index contributed by atoms with van der Waals surface area (Å²) < 4.78 is 42.0. The van der Waals surface area contributed by atoms with Gasteiger partial charge in [-0.1, -0.05) is 30.3 Å². The molecule has 0 aromatic heterocycles. The normalized spacial score (nSPS) is 17.8. The molecule has 0 spiro atoms. The predicted molar refractivity (Wildman–Crippen MR) is 158 cm³/mol. The molecule has 5 amide bonds. The number of benzene rings is 1. The highest BCUT2D eigenvalue weighted by Gasteiger charge is 2.39. The number of nitrogens with one attached hydrogen (secondary N) is 2. The maximum absolute atomic E-state index is 12.7. The summed E-state index contributed by atoms with van der Waals surface area (Å²) in [5.41, 5.74) is 6.78. The van der Waals surface area contributed by atoms with Crippen LogP contribution in [-0.4, -0.2) is 125 Å². The summed E-state index contributed by atoms with van der Waals surface area (Å²) in [6.07, 6.45) is -4.23. The highest BCUT2D eigenvalue weighted by Crippen LogP contribution is 2.17. The van der Waals surface area contributed by atoms with Crippen molar-refractivity contribution in [3.05, 3.63) is 35.9 Å². The minimum atomic E-state index is -5.08. The number of piperazine rings is 2. The number of alkyl carbamates (subject to hydrolysis) is 1. The molecular weight excluding hydrogens is 649 g/mol.